The van der Waals surface area contributed by atoms with Crippen molar-refractivity contribution in [2.45, 2.75) is 70.8 Å². The molecule has 5 nitrogen and oxygen atoms in total. The van der Waals surface area contributed by atoms with Crippen molar-refractivity contribution in [3.63, 3.8) is 0 Å². The van der Waals surface area contributed by atoms with Crippen LogP contribution in [0.4, 0.5) is 0 Å². The minimum Gasteiger partial charge on any atom is -0.494 e. The third-order valence-electron chi connectivity index (χ3n) is 6.41. The monoisotopic (exact) mass is 396 g/mol. The van der Waals surface area contributed by atoms with Crippen molar-refractivity contribution >= 4 is 17.4 Å². The SMILES string of the molecule is CCOc1ccc(C2=C(N3CCCC3)C(=O)N(C3CCCCCCC3)C2=O)cc1. The second kappa shape index (κ2) is 9.02. The Balaban J connectivity index is 1.68. The second-order valence-electron chi connectivity index (χ2n) is 8.35. The molecule has 2 fully saturated rings. The smallest absolute Gasteiger partial charge is 0.278 e. The standard InChI is InChI=1S/C24H32N2O3/c1-2-29-20-14-12-18(13-15-20)21-22(25-16-8-9-17-25)24(28)26(23(21)27)19-10-6-4-3-5-7-11-19/h12-15,19H,2-11,16-17H2,1H3. The van der Waals surface area contributed by atoms with E-state index in [1.165, 1.54) is 19.3 Å². The number of hydrogen-bond acceptors (Lipinski definition) is 4. The second-order valence-corrected chi connectivity index (χ2v) is 8.35. The fraction of sp³-hybridized carbons (Fsp3) is 0.583. The molecular weight excluding hydrogens is 364 g/mol. The lowest BCUT2D eigenvalue weighted by Crippen LogP contribution is -2.42. The molecule has 2 amide bonds. The summed E-state index contributed by atoms with van der Waals surface area (Å²) in [6, 6.07) is 7.66. The van der Waals surface area contributed by atoms with Gasteiger partial charge in [0.2, 0.25) is 0 Å². The van der Waals surface area contributed by atoms with E-state index >= 15 is 0 Å². The summed E-state index contributed by atoms with van der Waals surface area (Å²) in [6.45, 7) is 4.27. The number of nitrogens with zero attached hydrogens (tertiary/aromatic N) is 2. The lowest BCUT2D eigenvalue weighted by atomic mass is 9.95. The number of hydrogen-bond donors (Lipinski definition) is 0. The summed E-state index contributed by atoms with van der Waals surface area (Å²) in [5, 5.41) is 0. The van der Waals surface area contributed by atoms with Crippen LogP contribution in [0.1, 0.15) is 70.3 Å². The maximum Gasteiger partial charge on any atom is 0.278 e. The van der Waals surface area contributed by atoms with E-state index in [0.717, 1.165) is 62.9 Å². The van der Waals surface area contributed by atoms with Gasteiger partial charge in [-0.15, -0.1) is 0 Å². The molecule has 0 atom stereocenters. The van der Waals surface area contributed by atoms with E-state index in [2.05, 4.69) is 4.90 Å². The van der Waals surface area contributed by atoms with Crippen LogP contribution in [0, 0.1) is 0 Å². The molecule has 4 rings (SSSR count). The van der Waals surface area contributed by atoms with Crippen molar-refractivity contribution in [3.05, 3.63) is 35.5 Å². The first-order valence-electron chi connectivity index (χ1n) is 11.3. The van der Waals surface area contributed by atoms with E-state index in [1.807, 2.05) is 31.2 Å². The van der Waals surface area contributed by atoms with Crippen LogP contribution in [0.2, 0.25) is 0 Å². The summed E-state index contributed by atoms with van der Waals surface area (Å²) >= 11 is 0. The highest BCUT2D eigenvalue weighted by molar-refractivity contribution is 6.35. The molecule has 3 aliphatic rings. The van der Waals surface area contributed by atoms with Gasteiger partial charge in [-0.25, -0.2) is 0 Å². The molecule has 2 aliphatic heterocycles. The van der Waals surface area contributed by atoms with Gasteiger partial charge in [-0.2, -0.15) is 0 Å². The summed E-state index contributed by atoms with van der Waals surface area (Å²) in [5.74, 6) is 0.603. The zero-order chi connectivity index (χ0) is 20.2. The lowest BCUT2D eigenvalue weighted by molar-refractivity contribution is -0.140. The molecule has 29 heavy (non-hydrogen) atoms. The number of rotatable bonds is 5. The molecule has 156 valence electrons. The third kappa shape index (κ3) is 4.05. The first kappa shape index (κ1) is 20.0. The largest absolute Gasteiger partial charge is 0.494 e. The minimum absolute atomic E-state index is 0.0353. The fourth-order valence-electron chi connectivity index (χ4n) is 4.94. The summed E-state index contributed by atoms with van der Waals surface area (Å²) in [4.78, 5) is 30.9. The number of imide groups is 1. The Morgan fingerprint density at radius 2 is 1.48 bits per heavy atom. The van der Waals surface area contributed by atoms with Gasteiger partial charge in [-0.1, -0.05) is 44.2 Å². The summed E-state index contributed by atoms with van der Waals surface area (Å²) in [7, 11) is 0. The van der Waals surface area contributed by atoms with Gasteiger partial charge in [-0.3, -0.25) is 14.5 Å². The highest BCUT2D eigenvalue weighted by atomic mass is 16.5. The molecular formula is C24H32N2O3. The van der Waals surface area contributed by atoms with Crippen molar-refractivity contribution in [3.8, 4) is 5.75 Å². The zero-order valence-corrected chi connectivity index (χ0v) is 17.5. The zero-order valence-electron chi connectivity index (χ0n) is 17.5. The number of carbonyl (C=O) groups excluding carboxylic acids is 2. The molecule has 1 saturated carbocycles. The topological polar surface area (TPSA) is 49.9 Å². The van der Waals surface area contributed by atoms with Crippen LogP contribution in [0.15, 0.2) is 30.0 Å². The van der Waals surface area contributed by atoms with E-state index in [9.17, 15) is 9.59 Å². The molecule has 1 aliphatic carbocycles. The van der Waals surface area contributed by atoms with E-state index in [-0.39, 0.29) is 17.9 Å². The number of carbonyl (C=O) groups is 2. The van der Waals surface area contributed by atoms with Crippen molar-refractivity contribution in [1.29, 1.82) is 0 Å². The van der Waals surface area contributed by atoms with Crippen LogP contribution in [0.5, 0.6) is 5.75 Å². The van der Waals surface area contributed by atoms with Gasteiger partial charge >= 0.3 is 0 Å². The fourth-order valence-corrected chi connectivity index (χ4v) is 4.94. The number of amides is 2. The van der Waals surface area contributed by atoms with Crippen molar-refractivity contribution < 1.29 is 14.3 Å². The van der Waals surface area contributed by atoms with Crippen LogP contribution < -0.4 is 4.74 Å². The van der Waals surface area contributed by atoms with Crippen LogP contribution >= 0.6 is 0 Å². The predicted octanol–water partition coefficient (Wildman–Crippen LogP) is 4.37. The van der Waals surface area contributed by atoms with Crippen LogP contribution in [-0.2, 0) is 9.59 Å². The molecule has 0 unspecified atom stereocenters. The molecule has 1 aromatic rings. The average Bonchev–Trinajstić information content (AvgIpc) is 3.30. The predicted molar refractivity (Wildman–Crippen MR) is 113 cm³/mol. The highest BCUT2D eigenvalue weighted by Crippen LogP contribution is 2.37. The Bertz CT molecular complexity index is 770. The first-order chi connectivity index (χ1) is 14.2. The average molecular weight is 397 g/mol. The molecule has 2 heterocycles. The summed E-state index contributed by atoms with van der Waals surface area (Å²) < 4.78 is 5.55. The Morgan fingerprint density at radius 1 is 0.862 bits per heavy atom. The van der Waals surface area contributed by atoms with E-state index in [0.29, 0.717) is 17.9 Å². The van der Waals surface area contributed by atoms with Crippen molar-refractivity contribution in [2.75, 3.05) is 19.7 Å². The Kier molecular flexibility index (Phi) is 6.22. The van der Waals surface area contributed by atoms with E-state index in [1.54, 1.807) is 4.90 Å². The van der Waals surface area contributed by atoms with Gasteiger partial charge in [0.05, 0.1) is 12.2 Å². The summed E-state index contributed by atoms with van der Waals surface area (Å²) in [5.41, 5.74) is 2.03. The molecule has 0 radical (unpaired) electrons. The van der Waals surface area contributed by atoms with Gasteiger partial charge in [0.25, 0.3) is 11.8 Å². The van der Waals surface area contributed by atoms with Gasteiger partial charge in [0.15, 0.2) is 0 Å². The van der Waals surface area contributed by atoms with Gasteiger partial charge < -0.3 is 9.64 Å². The third-order valence-corrected chi connectivity index (χ3v) is 6.41. The van der Waals surface area contributed by atoms with Crippen molar-refractivity contribution in [1.82, 2.24) is 9.80 Å². The molecule has 0 N–H and O–H groups in total. The molecule has 0 bridgehead atoms. The quantitative estimate of drug-likeness (QED) is 0.694. The van der Waals surface area contributed by atoms with Crippen LogP contribution in [-0.4, -0.2) is 47.4 Å². The normalized spacial score (nSPS) is 21.7. The van der Waals surface area contributed by atoms with Gasteiger partial charge in [0, 0.05) is 19.1 Å². The lowest BCUT2D eigenvalue weighted by Gasteiger charge is -2.29. The molecule has 0 aromatic heterocycles. The van der Waals surface area contributed by atoms with Crippen molar-refractivity contribution in [2.24, 2.45) is 0 Å². The first-order valence-corrected chi connectivity index (χ1v) is 11.3. The number of likely N-dealkylation sites (tertiary alicyclic amines) is 1. The Morgan fingerprint density at radius 3 is 2.10 bits per heavy atom. The van der Waals surface area contributed by atoms with E-state index < -0.39 is 0 Å². The molecule has 1 saturated heterocycles. The Labute approximate surface area is 173 Å². The number of ether oxygens (including phenoxy) is 1. The van der Waals surface area contributed by atoms with Crippen LogP contribution in [0.3, 0.4) is 0 Å². The van der Waals surface area contributed by atoms with Gasteiger partial charge in [0.1, 0.15) is 11.4 Å². The van der Waals surface area contributed by atoms with Crippen LogP contribution in [0.25, 0.3) is 5.57 Å². The summed E-state index contributed by atoms with van der Waals surface area (Å²) in [6.07, 6.45) is 9.87. The maximum absolute atomic E-state index is 13.6. The molecule has 1 aromatic carbocycles. The van der Waals surface area contributed by atoms with Gasteiger partial charge in [-0.05, 0) is 50.3 Å². The minimum atomic E-state index is -0.105. The molecule has 5 heteroatoms. The Hall–Kier alpha value is -2.30. The maximum atomic E-state index is 13.6. The van der Waals surface area contributed by atoms with E-state index in [4.69, 9.17) is 4.74 Å². The number of benzene rings is 1. The molecule has 0 spiro atoms. The highest BCUT2D eigenvalue weighted by Gasteiger charge is 2.44.